The maximum atomic E-state index is 12.6. The first-order chi connectivity index (χ1) is 8.01. The van der Waals surface area contributed by atoms with Gasteiger partial charge >= 0.3 is 5.97 Å². The number of alkyl halides is 2. The molecule has 0 bridgehead atoms. The van der Waals surface area contributed by atoms with Gasteiger partial charge in [-0.25, -0.2) is 18.6 Å². The van der Waals surface area contributed by atoms with Crippen LogP contribution in [0.1, 0.15) is 35.1 Å². The van der Waals surface area contributed by atoms with E-state index in [1.165, 1.54) is 6.07 Å². The smallest absolute Gasteiger partial charge is 0.356 e. The van der Waals surface area contributed by atoms with Crippen LogP contribution in [0.5, 0.6) is 0 Å². The third-order valence-electron chi connectivity index (χ3n) is 1.80. The lowest BCUT2D eigenvalue weighted by atomic mass is 10.2. The topological polar surface area (TPSA) is 63.0 Å². The van der Waals surface area contributed by atoms with Gasteiger partial charge in [0.25, 0.3) is 6.43 Å². The van der Waals surface area contributed by atoms with Crippen LogP contribution >= 0.6 is 11.6 Å². The molecule has 0 fully saturated rings. The van der Waals surface area contributed by atoms with Crippen molar-refractivity contribution in [1.82, 2.24) is 4.98 Å². The van der Waals surface area contributed by atoms with Crippen molar-refractivity contribution in [2.45, 2.75) is 13.3 Å². The average Bonchev–Trinajstić information content (AvgIpc) is 2.28. The monoisotopic (exact) mass is 260 g/mol. The van der Waals surface area contributed by atoms with Gasteiger partial charge in [-0.05, 0) is 13.0 Å². The number of hydrogen-bond donors (Lipinski definition) is 0. The van der Waals surface area contributed by atoms with Crippen molar-refractivity contribution in [1.29, 1.82) is 5.26 Å². The number of ether oxygens (including phenoxy) is 1. The molecule has 0 saturated carbocycles. The van der Waals surface area contributed by atoms with Crippen LogP contribution in [-0.2, 0) is 4.74 Å². The summed E-state index contributed by atoms with van der Waals surface area (Å²) >= 11 is 5.62. The van der Waals surface area contributed by atoms with E-state index in [0.29, 0.717) is 0 Å². The first-order valence-corrected chi connectivity index (χ1v) is 4.94. The van der Waals surface area contributed by atoms with E-state index in [0.717, 1.165) is 6.07 Å². The number of nitriles is 1. The summed E-state index contributed by atoms with van der Waals surface area (Å²) < 4.78 is 29.8. The van der Waals surface area contributed by atoms with Gasteiger partial charge in [0.15, 0.2) is 0 Å². The van der Waals surface area contributed by atoms with E-state index in [2.05, 4.69) is 9.72 Å². The second kappa shape index (κ2) is 5.55. The van der Waals surface area contributed by atoms with Crippen LogP contribution in [0.2, 0.25) is 5.02 Å². The van der Waals surface area contributed by atoms with Gasteiger partial charge in [0.05, 0.1) is 17.2 Å². The molecule has 1 aromatic rings. The number of hydrogen-bond acceptors (Lipinski definition) is 4. The minimum atomic E-state index is -2.99. The van der Waals surface area contributed by atoms with Crippen molar-refractivity contribution >= 4 is 17.6 Å². The number of nitrogens with zero attached hydrogens (tertiary/aromatic N) is 2. The Morgan fingerprint density at radius 1 is 1.71 bits per heavy atom. The summed E-state index contributed by atoms with van der Waals surface area (Å²) in [6, 6.07) is 2.55. The number of esters is 1. The molecule has 0 aromatic carbocycles. The van der Waals surface area contributed by atoms with Crippen molar-refractivity contribution in [3.05, 3.63) is 28.0 Å². The van der Waals surface area contributed by atoms with E-state index in [4.69, 9.17) is 16.9 Å². The van der Waals surface area contributed by atoms with E-state index in [9.17, 15) is 13.6 Å². The normalized spacial score (nSPS) is 10.1. The van der Waals surface area contributed by atoms with Crippen LogP contribution in [0.4, 0.5) is 8.78 Å². The van der Waals surface area contributed by atoms with Gasteiger partial charge in [-0.3, -0.25) is 0 Å². The highest BCUT2D eigenvalue weighted by molar-refractivity contribution is 6.32. The molecule has 0 N–H and O–H groups in total. The van der Waals surface area contributed by atoms with Crippen molar-refractivity contribution in [3.8, 4) is 6.07 Å². The predicted molar refractivity (Wildman–Crippen MR) is 54.9 cm³/mol. The van der Waals surface area contributed by atoms with Crippen molar-refractivity contribution in [3.63, 3.8) is 0 Å². The van der Waals surface area contributed by atoms with Crippen LogP contribution < -0.4 is 0 Å². The summed E-state index contributed by atoms with van der Waals surface area (Å²) in [5, 5.41) is 8.41. The quantitative estimate of drug-likeness (QED) is 0.784. The van der Waals surface area contributed by atoms with Crippen LogP contribution in [0.3, 0.4) is 0 Å². The molecular weight excluding hydrogens is 254 g/mol. The van der Waals surface area contributed by atoms with Crippen molar-refractivity contribution in [2.24, 2.45) is 0 Å². The van der Waals surface area contributed by atoms with Crippen LogP contribution in [0, 0.1) is 11.3 Å². The second-order valence-electron chi connectivity index (χ2n) is 2.88. The number of rotatable bonds is 3. The molecule has 1 aromatic heterocycles. The lowest BCUT2D eigenvalue weighted by molar-refractivity contribution is 0.0518. The predicted octanol–water partition coefficient (Wildman–Crippen LogP) is 2.72. The van der Waals surface area contributed by atoms with Gasteiger partial charge in [-0.1, -0.05) is 11.6 Å². The molecule has 1 rings (SSSR count). The highest BCUT2D eigenvalue weighted by Crippen LogP contribution is 2.27. The van der Waals surface area contributed by atoms with Gasteiger partial charge in [0, 0.05) is 0 Å². The summed E-state index contributed by atoms with van der Waals surface area (Å²) in [5.41, 5.74) is -1.59. The number of pyridine rings is 1. The Bertz CT molecular complexity index is 486. The summed E-state index contributed by atoms with van der Waals surface area (Å²) in [7, 11) is 0. The van der Waals surface area contributed by atoms with E-state index in [-0.39, 0.29) is 17.3 Å². The molecule has 0 atom stereocenters. The van der Waals surface area contributed by atoms with E-state index >= 15 is 0 Å². The molecule has 0 spiro atoms. The van der Waals surface area contributed by atoms with E-state index in [1.54, 1.807) is 6.92 Å². The SMILES string of the molecule is CCOC(=O)c1cc(Cl)c(C#N)c(C(F)F)n1. The standard InChI is InChI=1S/C10H7ClF2N2O2/c1-2-17-10(16)7-3-6(11)5(4-14)8(15-7)9(12)13/h3,9H,2H2,1H3. The lowest BCUT2D eigenvalue weighted by Crippen LogP contribution is -2.10. The molecule has 1 heterocycles. The molecule has 0 aliphatic rings. The lowest BCUT2D eigenvalue weighted by Gasteiger charge is -2.07. The second-order valence-corrected chi connectivity index (χ2v) is 3.29. The van der Waals surface area contributed by atoms with Gasteiger partial charge < -0.3 is 4.74 Å². The fourth-order valence-electron chi connectivity index (χ4n) is 1.11. The zero-order valence-corrected chi connectivity index (χ0v) is 9.46. The van der Waals surface area contributed by atoms with E-state index < -0.39 is 23.7 Å². The Kier molecular flexibility index (Phi) is 4.35. The van der Waals surface area contributed by atoms with Crippen molar-refractivity contribution < 1.29 is 18.3 Å². The molecule has 0 saturated heterocycles. The third-order valence-corrected chi connectivity index (χ3v) is 2.10. The molecule has 0 unspecified atom stereocenters. The number of halogens is 3. The Morgan fingerprint density at radius 2 is 2.35 bits per heavy atom. The van der Waals surface area contributed by atoms with Crippen LogP contribution in [0.15, 0.2) is 6.07 Å². The molecule has 0 aliphatic carbocycles. The summed E-state index contributed by atoms with van der Waals surface area (Å²) in [5.74, 6) is -0.860. The summed E-state index contributed by atoms with van der Waals surface area (Å²) in [6.07, 6.45) is -2.99. The molecule has 0 radical (unpaired) electrons. The number of carbonyl (C=O) groups is 1. The largest absolute Gasteiger partial charge is 0.461 e. The Balaban J connectivity index is 3.30. The minimum Gasteiger partial charge on any atom is -0.461 e. The summed E-state index contributed by atoms with van der Waals surface area (Å²) in [6.45, 7) is 1.65. The van der Waals surface area contributed by atoms with E-state index in [1.807, 2.05) is 0 Å². The minimum absolute atomic E-state index is 0.0855. The highest BCUT2D eigenvalue weighted by Gasteiger charge is 2.22. The zero-order chi connectivity index (χ0) is 13.0. The first kappa shape index (κ1) is 13.3. The van der Waals surface area contributed by atoms with Gasteiger partial charge in [0.1, 0.15) is 17.5 Å². The van der Waals surface area contributed by atoms with Crippen LogP contribution in [0.25, 0.3) is 0 Å². The molecule has 0 amide bonds. The Hall–Kier alpha value is -1.74. The molecule has 90 valence electrons. The zero-order valence-electron chi connectivity index (χ0n) is 8.71. The molecule has 7 heteroatoms. The van der Waals surface area contributed by atoms with Crippen LogP contribution in [-0.4, -0.2) is 17.6 Å². The Morgan fingerprint density at radius 3 is 2.82 bits per heavy atom. The first-order valence-electron chi connectivity index (χ1n) is 4.57. The number of carbonyl (C=O) groups excluding carboxylic acids is 1. The average molecular weight is 261 g/mol. The molecule has 4 nitrogen and oxygen atoms in total. The van der Waals surface area contributed by atoms with Gasteiger partial charge in [0.2, 0.25) is 0 Å². The third kappa shape index (κ3) is 2.88. The van der Waals surface area contributed by atoms with Crippen molar-refractivity contribution in [2.75, 3.05) is 6.61 Å². The van der Waals surface area contributed by atoms with Gasteiger partial charge in [-0.2, -0.15) is 5.26 Å². The number of aromatic nitrogens is 1. The molecular formula is C10H7ClF2N2O2. The highest BCUT2D eigenvalue weighted by atomic mass is 35.5. The maximum Gasteiger partial charge on any atom is 0.356 e. The fraction of sp³-hybridized carbons (Fsp3) is 0.300. The van der Waals surface area contributed by atoms with Gasteiger partial charge in [-0.15, -0.1) is 0 Å². The fourth-order valence-corrected chi connectivity index (χ4v) is 1.35. The molecule has 0 aliphatic heterocycles. The molecule has 17 heavy (non-hydrogen) atoms. The maximum absolute atomic E-state index is 12.6. The summed E-state index contributed by atoms with van der Waals surface area (Å²) in [4.78, 5) is 14.7. The Labute approximate surface area is 101 Å².